The molecular weight excluding hydrogens is 312 g/mol. The lowest BCUT2D eigenvalue weighted by molar-refractivity contribution is 0.482. The zero-order chi connectivity index (χ0) is 15.8. The van der Waals surface area contributed by atoms with Crippen LogP contribution in [0.2, 0.25) is 5.02 Å². The molecule has 0 fully saturated rings. The summed E-state index contributed by atoms with van der Waals surface area (Å²) in [5.41, 5.74) is 2.47. The molecule has 114 valence electrons. The monoisotopic (exact) mass is 330 g/mol. The van der Waals surface area contributed by atoms with Gasteiger partial charge in [-0.2, -0.15) is 0 Å². The van der Waals surface area contributed by atoms with E-state index in [1.165, 1.54) is 17.6 Å². The second kappa shape index (κ2) is 8.72. The number of unbranched alkanes of at least 4 members (excludes halogenated alkanes) is 1. The largest absolute Gasteiger partial charge is 0.457 e. The number of hydrogen-bond donors (Lipinski definition) is 0. The van der Waals surface area contributed by atoms with Crippen LogP contribution in [0.3, 0.4) is 0 Å². The molecule has 0 spiro atoms. The Morgan fingerprint density at radius 1 is 1.05 bits per heavy atom. The van der Waals surface area contributed by atoms with Gasteiger partial charge in [0.1, 0.15) is 11.5 Å². The van der Waals surface area contributed by atoms with Crippen LogP contribution >= 0.6 is 23.8 Å². The average Bonchev–Trinajstić information content (AvgIpc) is 2.54. The van der Waals surface area contributed by atoms with Crippen molar-refractivity contribution < 1.29 is 4.74 Å². The Labute approximate surface area is 142 Å². The van der Waals surface area contributed by atoms with Crippen LogP contribution < -0.4 is 4.74 Å². The molecule has 3 heteroatoms. The Balaban J connectivity index is 2.10. The van der Waals surface area contributed by atoms with Gasteiger partial charge in [0.2, 0.25) is 0 Å². The number of halogens is 1. The summed E-state index contributed by atoms with van der Waals surface area (Å²) in [5, 5.41) is 2.39. The van der Waals surface area contributed by atoms with Crippen LogP contribution in [-0.2, 0) is 0 Å². The fourth-order valence-corrected chi connectivity index (χ4v) is 2.44. The fourth-order valence-electron chi connectivity index (χ4n) is 2.15. The maximum absolute atomic E-state index is 5.87. The molecule has 0 atom stereocenters. The molecule has 0 N–H and O–H groups in total. The first-order valence-corrected chi connectivity index (χ1v) is 8.26. The molecule has 2 aromatic carbocycles. The maximum Gasteiger partial charge on any atom is 0.127 e. The number of hydrogen-bond acceptors (Lipinski definition) is 2. The van der Waals surface area contributed by atoms with Gasteiger partial charge in [0, 0.05) is 10.4 Å². The van der Waals surface area contributed by atoms with E-state index < -0.39 is 0 Å². The number of ether oxygens (including phenoxy) is 1. The molecule has 0 bridgehead atoms. The van der Waals surface area contributed by atoms with Crippen LogP contribution in [0.1, 0.15) is 31.7 Å². The van der Waals surface area contributed by atoms with Crippen LogP contribution in [-0.4, -0.2) is 5.37 Å². The zero-order valence-electron chi connectivity index (χ0n) is 12.6. The van der Waals surface area contributed by atoms with Crippen molar-refractivity contribution in [1.82, 2.24) is 0 Å². The van der Waals surface area contributed by atoms with E-state index in [-0.39, 0.29) is 0 Å². The Morgan fingerprint density at radius 2 is 1.64 bits per heavy atom. The first kappa shape index (κ1) is 16.7. The Kier molecular flexibility index (Phi) is 6.63. The minimum Gasteiger partial charge on any atom is -0.457 e. The third kappa shape index (κ3) is 4.97. The lowest BCUT2D eigenvalue weighted by atomic mass is 10.0. The molecule has 2 rings (SSSR count). The van der Waals surface area contributed by atoms with Gasteiger partial charge < -0.3 is 4.74 Å². The molecule has 0 unspecified atom stereocenters. The smallest absolute Gasteiger partial charge is 0.127 e. The summed E-state index contributed by atoms with van der Waals surface area (Å²) in [4.78, 5) is 0. The van der Waals surface area contributed by atoms with E-state index in [0.717, 1.165) is 24.3 Å². The van der Waals surface area contributed by atoms with E-state index in [1.54, 1.807) is 5.37 Å². The van der Waals surface area contributed by atoms with Crippen molar-refractivity contribution in [3.05, 3.63) is 65.2 Å². The van der Waals surface area contributed by atoms with Crippen molar-refractivity contribution in [3.63, 3.8) is 0 Å². The molecule has 0 amide bonds. The van der Waals surface area contributed by atoms with Gasteiger partial charge in [0.05, 0.1) is 0 Å². The quantitative estimate of drug-likeness (QED) is 0.412. The SMILES string of the molecule is CCCCC(=CC=S)c1ccc(Oc2ccc(Cl)cc2)cc1. The van der Waals surface area contributed by atoms with Crippen molar-refractivity contribution in [2.24, 2.45) is 0 Å². The third-order valence-corrected chi connectivity index (χ3v) is 3.73. The highest BCUT2D eigenvalue weighted by molar-refractivity contribution is 7.79. The van der Waals surface area contributed by atoms with Crippen molar-refractivity contribution in [1.29, 1.82) is 0 Å². The van der Waals surface area contributed by atoms with Gasteiger partial charge in [-0.15, -0.1) is 0 Å². The van der Waals surface area contributed by atoms with E-state index in [2.05, 4.69) is 19.1 Å². The second-order valence-corrected chi connectivity index (χ2v) is 5.72. The van der Waals surface area contributed by atoms with Crippen LogP contribution in [0, 0.1) is 0 Å². The molecule has 22 heavy (non-hydrogen) atoms. The van der Waals surface area contributed by atoms with Gasteiger partial charge in [0.15, 0.2) is 0 Å². The molecule has 0 radical (unpaired) electrons. The summed E-state index contributed by atoms with van der Waals surface area (Å²) in [6, 6.07) is 15.5. The van der Waals surface area contributed by atoms with Gasteiger partial charge in [0.25, 0.3) is 0 Å². The van der Waals surface area contributed by atoms with Crippen LogP contribution in [0.15, 0.2) is 54.6 Å². The Morgan fingerprint density at radius 3 is 2.18 bits per heavy atom. The lowest BCUT2D eigenvalue weighted by Gasteiger charge is -2.09. The summed E-state index contributed by atoms with van der Waals surface area (Å²) in [5.74, 6) is 1.58. The topological polar surface area (TPSA) is 9.23 Å². The molecular formula is C19H19ClOS. The van der Waals surface area contributed by atoms with Gasteiger partial charge in [-0.05, 0) is 66.5 Å². The predicted molar refractivity (Wildman–Crippen MR) is 99.1 cm³/mol. The molecule has 0 aliphatic rings. The van der Waals surface area contributed by atoms with Crippen molar-refractivity contribution in [2.75, 3.05) is 0 Å². The van der Waals surface area contributed by atoms with E-state index in [4.69, 9.17) is 28.6 Å². The molecule has 0 saturated carbocycles. The summed E-state index contributed by atoms with van der Waals surface area (Å²) in [6.45, 7) is 2.19. The summed E-state index contributed by atoms with van der Waals surface area (Å²) < 4.78 is 5.80. The van der Waals surface area contributed by atoms with Gasteiger partial charge in [-0.1, -0.05) is 49.3 Å². The molecule has 1 nitrogen and oxygen atoms in total. The standard InChI is InChI=1S/C19H19ClOS/c1-2-3-4-15(13-14-22)16-5-9-18(10-6-16)21-19-11-7-17(20)8-12-19/h5-14H,2-4H2,1H3. The Hall–Kier alpha value is -1.64. The molecule has 0 aromatic heterocycles. The minimum atomic E-state index is 0.702. The van der Waals surface area contributed by atoms with Crippen molar-refractivity contribution in [3.8, 4) is 11.5 Å². The summed E-state index contributed by atoms with van der Waals surface area (Å²) in [7, 11) is 0. The fraction of sp³-hybridized carbons (Fsp3) is 0.211. The zero-order valence-corrected chi connectivity index (χ0v) is 14.2. The van der Waals surface area contributed by atoms with Crippen molar-refractivity contribution >= 4 is 34.8 Å². The van der Waals surface area contributed by atoms with Gasteiger partial charge >= 0.3 is 0 Å². The van der Waals surface area contributed by atoms with Gasteiger partial charge in [-0.3, -0.25) is 0 Å². The van der Waals surface area contributed by atoms with E-state index in [1.807, 2.05) is 42.5 Å². The molecule has 0 aliphatic heterocycles. The highest BCUT2D eigenvalue weighted by atomic mass is 35.5. The lowest BCUT2D eigenvalue weighted by Crippen LogP contribution is -1.88. The molecule has 2 aromatic rings. The predicted octanol–water partition coefficient (Wildman–Crippen LogP) is 6.71. The maximum atomic E-state index is 5.87. The van der Waals surface area contributed by atoms with Crippen LogP contribution in [0.4, 0.5) is 0 Å². The van der Waals surface area contributed by atoms with E-state index in [0.29, 0.717) is 5.02 Å². The normalized spacial score (nSPS) is 11.3. The first-order chi connectivity index (χ1) is 10.7. The van der Waals surface area contributed by atoms with Crippen LogP contribution in [0.25, 0.3) is 5.57 Å². The molecule has 0 saturated heterocycles. The van der Waals surface area contributed by atoms with Crippen LogP contribution in [0.5, 0.6) is 11.5 Å². The summed E-state index contributed by atoms with van der Waals surface area (Å²) >= 11 is 10.8. The number of benzene rings is 2. The number of thiocarbonyl (C=S) groups is 1. The second-order valence-electron chi connectivity index (χ2n) is 5.01. The number of allylic oxidation sites excluding steroid dienone is 2. The van der Waals surface area contributed by atoms with Crippen molar-refractivity contribution in [2.45, 2.75) is 26.2 Å². The summed E-state index contributed by atoms with van der Waals surface area (Å²) in [6.07, 6.45) is 5.39. The first-order valence-electron chi connectivity index (χ1n) is 7.41. The highest BCUT2D eigenvalue weighted by Gasteiger charge is 2.03. The third-order valence-electron chi connectivity index (χ3n) is 3.34. The average molecular weight is 331 g/mol. The van der Waals surface area contributed by atoms with Gasteiger partial charge in [-0.25, -0.2) is 0 Å². The Bertz CT molecular complexity index is 629. The molecule has 0 heterocycles. The minimum absolute atomic E-state index is 0.702. The highest BCUT2D eigenvalue weighted by Crippen LogP contribution is 2.26. The molecule has 0 aliphatic carbocycles. The number of rotatable bonds is 7. The van der Waals surface area contributed by atoms with E-state index in [9.17, 15) is 0 Å². The van der Waals surface area contributed by atoms with E-state index >= 15 is 0 Å².